The molecular formula is C12H16N2O2. The minimum absolute atomic E-state index is 0.00406. The first-order valence-corrected chi connectivity index (χ1v) is 5.31. The zero-order valence-corrected chi connectivity index (χ0v) is 9.56. The molecule has 0 fully saturated rings. The van der Waals surface area contributed by atoms with Crippen molar-refractivity contribution < 1.29 is 9.59 Å². The number of H-pyrrole nitrogens is 1. The minimum Gasteiger partial charge on any atom is -0.345 e. The van der Waals surface area contributed by atoms with E-state index in [1.807, 2.05) is 13.8 Å². The van der Waals surface area contributed by atoms with E-state index in [9.17, 15) is 9.59 Å². The van der Waals surface area contributed by atoms with Gasteiger partial charge in [0.05, 0.1) is 18.2 Å². The Bertz CT molecular complexity index is 378. The van der Waals surface area contributed by atoms with Crippen molar-refractivity contribution in [2.45, 2.75) is 26.7 Å². The number of rotatable bonds is 6. The molecule has 4 nitrogen and oxygen atoms in total. The van der Waals surface area contributed by atoms with Crippen LogP contribution >= 0.6 is 0 Å². The molecule has 1 aromatic rings. The molecule has 0 atom stereocenters. The highest BCUT2D eigenvalue weighted by Crippen LogP contribution is 2.03. The van der Waals surface area contributed by atoms with Gasteiger partial charge in [0.25, 0.3) is 0 Å². The van der Waals surface area contributed by atoms with Crippen LogP contribution in [0.2, 0.25) is 0 Å². The molecule has 0 aliphatic carbocycles. The molecule has 16 heavy (non-hydrogen) atoms. The molecule has 1 N–H and O–H groups in total. The lowest BCUT2D eigenvalue weighted by Gasteiger charge is -2.00. The van der Waals surface area contributed by atoms with Gasteiger partial charge in [-0.25, -0.2) is 4.98 Å². The largest absolute Gasteiger partial charge is 0.345 e. The number of aromatic nitrogens is 2. The number of nitrogens with one attached hydrogen (secondary N) is 1. The Morgan fingerprint density at radius 2 is 2.19 bits per heavy atom. The highest BCUT2D eigenvalue weighted by molar-refractivity contribution is 5.95. The highest BCUT2D eigenvalue weighted by Gasteiger charge is 2.08. The number of carbonyl (C=O) groups is 2. The summed E-state index contributed by atoms with van der Waals surface area (Å²) in [5.74, 6) is 0.0938. The zero-order chi connectivity index (χ0) is 12.0. The molecule has 4 heteroatoms. The second-order valence-corrected chi connectivity index (χ2v) is 3.93. The van der Waals surface area contributed by atoms with Crippen molar-refractivity contribution in [1.82, 2.24) is 9.97 Å². The minimum atomic E-state index is -0.0383. The summed E-state index contributed by atoms with van der Waals surface area (Å²) in [7, 11) is 0. The second kappa shape index (κ2) is 6.00. The first-order chi connectivity index (χ1) is 7.59. The van der Waals surface area contributed by atoms with Crippen LogP contribution in [-0.4, -0.2) is 21.5 Å². The summed E-state index contributed by atoms with van der Waals surface area (Å²) in [4.78, 5) is 29.4. The molecular weight excluding hydrogens is 204 g/mol. The number of carbonyl (C=O) groups excluding carboxylic acids is 2. The molecule has 0 aliphatic rings. The van der Waals surface area contributed by atoms with Gasteiger partial charge in [-0.05, 0) is 12.2 Å². The number of imidazole rings is 1. The van der Waals surface area contributed by atoms with Gasteiger partial charge < -0.3 is 4.98 Å². The van der Waals surface area contributed by atoms with E-state index in [2.05, 4.69) is 9.97 Å². The summed E-state index contributed by atoms with van der Waals surface area (Å²) in [6.45, 7) is 3.68. The topological polar surface area (TPSA) is 62.8 Å². The maximum atomic E-state index is 11.4. The molecule has 86 valence electrons. The van der Waals surface area contributed by atoms with Gasteiger partial charge in [-0.3, -0.25) is 9.59 Å². The Hall–Kier alpha value is -1.71. The smallest absolute Gasteiger partial charge is 0.156 e. The van der Waals surface area contributed by atoms with E-state index >= 15 is 0 Å². The summed E-state index contributed by atoms with van der Waals surface area (Å²) in [5, 5.41) is 0. The molecule has 0 bridgehead atoms. The first-order valence-electron chi connectivity index (χ1n) is 5.31. The van der Waals surface area contributed by atoms with Crippen molar-refractivity contribution in [3.63, 3.8) is 0 Å². The van der Waals surface area contributed by atoms with E-state index in [4.69, 9.17) is 0 Å². The summed E-state index contributed by atoms with van der Waals surface area (Å²) in [6.07, 6.45) is 6.91. The highest BCUT2D eigenvalue weighted by atomic mass is 16.1. The van der Waals surface area contributed by atoms with Crippen LogP contribution in [0.4, 0.5) is 0 Å². The van der Waals surface area contributed by atoms with Crippen LogP contribution in [0.3, 0.4) is 0 Å². The molecule has 1 aromatic heterocycles. The SMILES string of the molecule is CC(C)C(=O)CCC(=O)/C=C/c1cnc[nH]1. The third kappa shape index (κ3) is 4.21. The first kappa shape index (κ1) is 12.4. The van der Waals surface area contributed by atoms with E-state index < -0.39 is 0 Å². The summed E-state index contributed by atoms with van der Waals surface area (Å²) < 4.78 is 0. The Morgan fingerprint density at radius 3 is 2.75 bits per heavy atom. The number of hydrogen-bond acceptors (Lipinski definition) is 3. The van der Waals surface area contributed by atoms with Crippen LogP contribution in [0, 0.1) is 5.92 Å². The quantitative estimate of drug-likeness (QED) is 0.746. The van der Waals surface area contributed by atoms with E-state index in [0.717, 1.165) is 5.69 Å². The van der Waals surface area contributed by atoms with Crippen molar-refractivity contribution >= 4 is 17.6 Å². The number of allylic oxidation sites excluding steroid dienone is 1. The maximum absolute atomic E-state index is 11.4. The molecule has 0 spiro atoms. The number of nitrogens with zero attached hydrogens (tertiary/aromatic N) is 1. The predicted octanol–water partition coefficient (Wildman–Crippen LogP) is 2.00. The van der Waals surface area contributed by atoms with Crippen LogP contribution < -0.4 is 0 Å². The van der Waals surface area contributed by atoms with Crippen LogP contribution in [0.15, 0.2) is 18.6 Å². The molecule has 0 saturated carbocycles. The summed E-state index contributed by atoms with van der Waals surface area (Å²) in [6, 6.07) is 0. The number of Topliss-reactive ketones (excluding diaryl/α,β-unsaturated/α-hetero) is 1. The molecule has 0 saturated heterocycles. The van der Waals surface area contributed by atoms with Gasteiger partial charge >= 0.3 is 0 Å². The Kier molecular flexibility index (Phi) is 4.64. The van der Waals surface area contributed by atoms with Gasteiger partial charge in [0, 0.05) is 18.8 Å². The lowest BCUT2D eigenvalue weighted by Crippen LogP contribution is -2.08. The van der Waals surface area contributed by atoms with Gasteiger partial charge in [-0.1, -0.05) is 13.8 Å². The number of hydrogen-bond donors (Lipinski definition) is 1. The Labute approximate surface area is 94.8 Å². The average Bonchev–Trinajstić information content (AvgIpc) is 2.75. The van der Waals surface area contributed by atoms with Crippen LogP contribution in [0.1, 0.15) is 32.4 Å². The van der Waals surface area contributed by atoms with Gasteiger partial charge in [-0.2, -0.15) is 0 Å². The van der Waals surface area contributed by atoms with E-state index in [0.29, 0.717) is 6.42 Å². The fraction of sp³-hybridized carbons (Fsp3) is 0.417. The summed E-state index contributed by atoms with van der Waals surface area (Å²) in [5.41, 5.74) is 0.781. The average molecular weight is 220 g/mol. The van der Waals surface area contributed by atoms with Crippen LogP contribution in [-0.2, 0) is 9.59 Å². The third-order valence-corrected chi connectivity index (χ3v) is 2.23. The fourth-order valence-electron chi connectivity index (χ4n) is 1.16. The second-order valence-electron chi connectivity index (χ2n) is 3.93. The van der Waals surface area contributed by atoms with E-state index in [-0.39, 0.29) is 23.9 Å². The van der Waals surface area contributed by atoms with E-state index in [1.54, 1.807) is 18.6 Å². The van der Waals surface area contributed by atoms with Crippen LogP contribution in [0.5, 0.6) is 0 Å². The van der Waals surface area contributed by atoms with Gasteiger partial charge in [0.1, 0.15) is 5.78 Å². The molecule has 0 radical (unpaired) electrons. The molecule has 0 unspecified atom stereocenters. The maximum Gasteiger partial charge on any atom is 0.156 e. The normalized spacial score (nSPS) is 11.2. The molecule has 1 rings (SSSR count). The monoisotopic (exact) mass is 220 g/mol. The molecule has 0 aliphatic heterocycles. The van der Waals surface area contributed by atoms with Crippen molar-refractivity contribution in [2.75, 3.05) is 0 Å². The van der Waals surface area contributed by atoms with Crippen molar-refractivity contribution in [3.05, 3.63) is 24.3 Å². The van der Waals surface area contributed by atoms with Crippen molar-refractivity contribution in [3.8, 4) is 0 Å². The molecule has 0 aromatic carbocycles. The van der Waals surface area contributed by atoms with Gasteiger partial charge in [-0.15, -0.1) is 0 Å². The van der Waals surface area contributed by atoms with Crippen molar-refractivity contribution in [2.24, 2.45) is 5.92 Å². The third-order valence-electron chi connectivity index (χ3n) is 2.23. The van der Waals surface area contributed by atoms with E-state index in [1.165, 1.54) is 6.08 Å². The Morgan fingerprint density at radius 1 is 1.44 bits per heavy atom. The summed E-state index contributed by atoms with van der Waals surface area (Å²) >= 11 is 0. The number of aromatic amines is 1. The van der Waals surface area contributed by atoms with Crippen LogP contribution in [0.25, 0.3) is 6.08 Å². The number of ketones is 2. The van der Waals surface area contributed by atoms with Gasteiger partial charge in [0.15, 0.2) is 5.78 Å². The molecule has 0 amide bonds. The zero-order valence-electron chi connectivity index (χ0n) is 9.56. The standard InChI is InChI=1S/C12H16N2O2/c1-9(2)12(16)6-5-11(15)4-3-10-7-13-8-14-10/h3-4,7-9H,5-6H2,1-2H3,(H,13,14)/b4-3+. The van der Waals surface area contributed by atoms with Gasteiger partial charge in [0.2, 0.25) is 0 Å². The molecule has 1 heterocycles. The van der Waals surface area contributed by atoms with Crippen molar-refractivity contribution in [1.29, 1.82) is 0 Å². The fourth-order valence-corrected chi connectivity index (χ4v) is 1.16. The predicted molar refractivity (Wildman–Crippen MR) is 61.7 cm³/mol. The lowest BCUT2D eigenvalue weighted by atomic mass is 10.0. The lowest BCUT2D eigenvalue weighted by molar-refractivity contribution is -0.124. The Balaban J connectivity index is 2.34.